The van der Waals surface area contributed by atoms with Gasteiger partial charge in [-0.05, 0) is 56.0 Å². The minimum absolute atomic E-state index is 0.249. The Morgan fingerprint density at radius 1 is 0.952 bits per heavy atom. The van der Waals surface area contributed by atoms with Gasteiger partial charge in [-0.2, -0.15) is 0 Å². The van der Waals surface area contributed by atoms with Crippen molar-refractivity contribution in [1.29, 1.82) is 0 Å². The van der Waals surface area contributed by atoms with E-state index in [1.807, 2.05) is 12.1 Å². The van der Waals surface area contributed by atoms with E-state index in [2.05, 4.69) is 51.1 Å². The maximum absolute atomic E-state index is 5.78. The topological polar surface area (TPSA) is 18.5 Å². The van der Waals surface area contributed by atoms with Gasteiger partial charge < -0.3 is 9.47 Å². The van der Waals surface area contributed by atoms with E-state index in [1.165, 1.54) is 22.3 Å². The van der Waals surface area contributed by atoms with Crippen molar-refractivity contribution in [3.63, 3.8) is 0 Å². The summed E-state index contributed by atoms with van der Waals surface area (Å²) in [6, 6.07) is 14.8. The van der Waals surface area contributed by atoms with Gasteiger partial charge >= 0.3 is 0 Å². The first kappa shape index (κ1) is 15.6. The van der Waals surface area contributed by atoms with E-state index in [0.29, 0.717) is 6.61 Å². The summed E-state index contributed by atoms with van der Waals surface area (Å²) in [6.45, 7) is 6.93. The summed E-state index contributed by atoms with van der Waals surface area (Å²) >= 11 is 0. The zero-order chi connectivity index (χ0) is 15.2. The van der Waals surface area contributed by atoms with Gasteiger partial charge in [0.1, 0.15) is 5.75 Å². The van der Waals surface area contributed by atoms with Gasteiger partial charge in [0.05, 0.1) is 19.8 Å². The number of rotatable bonds is 6. The van der Waals surface area contributed by atoms with Crippen LogP contribution in [0.2, 0.25) is 0 Å². The third-order valence-corrected chi connectivity index (χ3v) is 3.49. The molecule has 0 aliphatic heterocycles. The summed E-state index contributed by atoms with van der Waals surface area (Å²) in [5.74, 6) is 0.894. The van der Waals surface area contributed by atoms with E-state index in [1.54, 1.807) is 7.11 Å². The standard InChI is InChI=1S/C19H24O2/c1-14(2)21-13-18-11-15(3)5-8-17(18)12-16-6-9-19(20-4)10-7-16/h5-11,14H,12-13H2,1-4H3. The average Bonchev–Trinajstić information content (AvgIpc) is 2.48. The predicted octanol–water partition coefficient (Wildman–Crippen LogP) is 4.52. The molecule has 2 nitrogen and oxygen atoms in total. The van der Waals surface area contributed by atoms with Crippen LogP contribution in [0.3, 0.4) is 0 Å². The highest BCUT2D eigenvalue weighted by Crippen LogP contribution is 2.19. The molecule has 0 radical (unpaired) electrons. The molecule has 0 spiro atoms. The molecule has 0 fully saturated rings. The SMILES string of the molecule is COc1ccc(Cc2ccc(C)cc2COC(C)C)cc1. The van der Waals surface area contributed by atoms with Crippen molar-refractivity contribution in [1.82, 2.24) is 0 Å². The van der Waals surface area contributed by atoms with Crippen molar-refractivity contribution in [2.24, 2.45) is 0 Å². The number of methoxy groups -OCH3 is 1. The molecule has 0 heterocycles. The zero-order valence-corrected chi connectivity index (χ0v) is 13.3. The summed E-state index contributed by atoms with van der Waals surface area (Å²) in [5.41, 5.74) is 5.16. The van der Waals surface area contributed by atoms with Crippen LogP contribution in [0.15, 0.2) is 42.5 Å². The average molecular weight is 284 g/mol. The maximum atomic E-state index is 5.78. The molecule has 0 amide bonds. The lowest BCUT2D eigenvalue weighted by molar-refractivity contribution is 0.0653. The molecular formula is C19H24O2. The normalized spacial score (nSPS) is 10.9. The number of benzene rings is 2. The van der Waals surface area contributed by atoms with E-state index in [-0.39, 0.29) is 6.10 Å². The Hall–Kier alpha value is -1.80. The fraction of sp³-hybridized carbons (Fsp3) is 0.368. The summed E-state index contributed by atoms with van der Waals surface area (Å²) < 4.78 is 11.0. The van der Waals surface area contributed by atoms with Crippen LogP contribution in [0.1, 0.15) is 36.1 Å². The molecule has 0 N–H and O–H groups in total. The monoisotopic (exact) mass is 284 g/mol. The van der Waals surface area contributed by atoms with Crippen molar-refractivity contribution >= 4 is 0 Å². The predicted molar refractivity (Wildman–Crippen MR) is 86.9 cm³/mol. The quantitative estimate of drug-likeness (QED) is 0.776. The second-order valence-corrected chi connectivity index (χ2v) is 5.66. The van der Waals surface area contributed by atoms with Gasteiger partial charge in [-0.25, -0.2) is 0 Å². The van der Waals surface area contributed by atoms with E-state index >= 15 is 0 Å². The number of aryl methyl sites for hydroxylation is 1. The number of hydrogen-bond donors (Lipinski definition) is 0. The molecule has 0 bridgehead atoms. The van der Waals surface area contributed by atoms with Gasteiger partial charge in [0.15, 0.2) is 0 Å². The van der Waals surface area contributed by atoms with Crippen molar-refractivity contribution in [2.75, 3.05) is 7.11 Å². The minimum atomic E-state index is 0.249. The molecule has 112 valence electrons. The van der Waals surface area contributed by atoms with Crippen LogP contribution < -0.4 is 4.74 Å². The molecule has 0 aliphatic carbocycles. The Balaban J connectivity index is 2.17. The fourth-order valence-corrected chi connectivity index (χ4v) is 2.28. The minimum Gasteiger partial charge on any atom is -0.497 e. The first-order valence-electron chi connectivity index (χ1n) is 7.41. The number of ether oxygens (including phenoxy) is 2. The lowest BCUT2D eigenvalue weighted by Gasteiger charge is -2.13. The fourth-order valence-electron chi connectivity index (χ4n) is 2.28. The first-order chi connectivity index (χ1) is 10.1. The van der Waals surface area contributed by atoms with Crippen molar-refractivity contribution < 1.29 is 9.47 Å². The van der Waals surface area contributed by atoms with Crippen LogP contribution in [0.5, 0.6) is 5.75 Å². The lowest BCUT2D eigenvalue weighted by atomic mass is 9.98. The van der Waals surface area contributed by atoms with Gasteiger partial charge in [0, 0.05) is 0 Å². The molecule has 0 aromatic heterocycles. The highest BCUT2D eigenvalue weighted by molar-refractivity contribution is 5.37. The third-order valence-electron chi connectivity index (χ3n) is 3.49. The number of hydrogen-bond acceptors (Lipinski definition) is 2. The molecular weight excluding hydrogens is 260 g/mol. The first-order valence-corrected chi connectivity index (χ1v) is 7.41. The maximum Gasteiger partial charge on any atom is 0.118 e. The molecule has 2 aromatic rings. The molecule has 21 heavy (non-hydrogen) atoms. The van der Waals surface area contributed by atoms with Gasteiger partial charge in [0.2, 0.25) is 0 Å². The smallest absolute Gasteiger partial charge is 0.118 e. The molecule has 2 aromatic carbocycles. The third kappa shape index (κ3) is 4.61. The highest BCUT2D eigenvalue weighted by Gasteiger charge is 2.06. The summed E-state index contributed by atoms with van der Waals surface area (Å²) in [4.78, 5) is 0. The molecule has 2 rings (SSSR count). The molecule has 0 saturated carbocycles. The van der Waals surface area contributed by atoms with E-state index in [4.69, 9.17) is 9.47 Å². The summed E-state index contributed by atoms with van der Waals surface area (Å²) in [7, 11) is 1.69. The van der Waals surface area contributed by atoms with Crippen molar-refractivity contribution in [3.05, 3.63) is 64.7 Å². The van der Waals surface area contributed by atoms with E-state index < -0.39 is 0 Å². The van der Waals surface area contributed by atoms with Gasteiger partial charge in [-0.15, -0.1) is 0 Å². The van der Waals surface area contributed by atoms with Crippen molar-refractivity contribution in [2.45, 2.75) is 39.9 Å². The van der Waals surface area contributed by atoms with Crippen molar-refractivity contribution in [3.8, 4) is 5.75 Å². The van der Waals surface area contributed by atoms with Gasteiger partial charge in [-0.1, -0.05) is 35.9 Å². The van der Waals surface area contributed by atoms with Gasteiger partial charge in [0.25, 0.3) is 0 Å². The Labute approximate surface area is 127 Å². The van der Waals surface area contributed by atoms with Crippen LogP contribution in [0, 0.1) is 6.92 Å². The van der Waals surface area contributed by atoms with Gasteiger partial charge in [-0.3, -0.25) is 0 Å². The highest BCUT2D eigenvalue weighted by atomic mass is 16.5. The van der Waals surface area contributed by atoms with E-state index in [9.17, 15) is 0 Å². The Morgan fingerprint density at radius 2 is 1.67 bits per heavy atom. The zero-order valence-electron chi connectivity index (χ0n) is 13.3. The van der Waals surface area contributed by atoms with Crippen LogP contribution in [-0.4, -0.2) is 13.2 Å². The second-order valence-electron chi connectivity index (χ2n) is 5.66. The Morgan fingerprint density at radius 3 is 2.29 bits per heavy atom. The molecule has 0 aliphatic rings. The van der Waals surface area contributed by atoms with Crippen LogP contribution in [-0.2, 0) is 17.8 Å². The lowest BCUT2D eigenvalue weighted by Crippen LogP contribution is -2.05. The molecule has 2 heteroatoms. The molecule has 0 atom stereocenters. The van der Waals surface area contributed by atoms with Crippen LogP contribution in [0.25, 0.3) is 0 Å². The molecule has 0 unspecified atom stereocenters. The van der Waals surface area contributed by atoms with Crippen LogP contribution in [0.4, 0.5) is 0 Å². The summed E-state index contributed by atoms with van der Waals surface area (Å²) in [5, 5.41) is 0. The Bertz CT molecular complexity index is 571. The Kier molecular flexibility index (Phi) is 5.40. The second kappa shape index (κ2) is 7.28. The van der Waals surface area contributed by atoms with E-state index in [0.717, 1.165) is 12.2 Å². The summed E-state index contributed by atoms with van der Waals surface area (Å²) in [6.07, 6.45) is 1.17. The molecule has 0 saturated heterocycles. The van der Waals surface area contributed by atoms with Crippen LogP contribution >= 0.6 is 0 Å². The largest absolute Gasteiger partial charge is 0.497 e.